The molecule has 1 aliphatic carbocycles. The Morgan fingerprint density at radius 3 is 2.60 bits per heavy atom. The maximum absolute atomic E-state index is 5.66. The Labute approximate surface area is 121 Å². The molecule has 2 heterocycles. The van der Waals surface area contributed by atoms with Gasteiger partial charge < -0.3 is 14.6 Å². The molecule has 20 heavy (non-hydrogen) atoms. The van der Waals surface area contributed by atoms with Crippen LogP contribution in [0.25, 0.3) is 0 Å². The highest BCUT2D eigenvalue weighted by molar-refractivity contribution is 5.28. The van der Waals surface area contributed by atoms with Crippen molar-refractivity contribution in [3.63, 3.8) is 0 Å². The van der Waals surface area contributed by atoms with Crippen LogP contribution in [-0.4, -0.2) is 24.1 Å². The summed E-state index contributed by atoms with van der Waals surface area (Å²) in [6, 6.07) is 1.30. The Kier molecular flexibility index (Phi) is 4.01. The van der Waals surface area contributed by atoms with Crippen molar-refractivity contribution in [2.24, 2.45) is 5.41 Å². The van der Waals surface area contributed by atoms with Crippen LogP contribution >= 0.6 is 0 Å². The molecule has 1 aromatic heterocycles. The second-order valence-electron chi connectivity index (χ2n) is 6.85. The van der Waals surface area contributed by atoms with E-state index in [9.17, 15) is 0 Å². The molecule has 112 valence electrons. The Morgan fingerprint density at radius 2 is 1.95 bits per heavy atom. The number of hydrogen-bond donors (Lipinski definition) is 1. The van der Waals surface area contributed by atoms with Gasteiger partial charge in [0.2, 0.25) is 0 Å². The van der Waals surface area contributed by atoms with Gasteiger partial charge in [0.05, 0.1) is 5.69 Å². The molecule has 1 saturated carbocycles. The zero-order chi connectivity index (χ0) is 14.0. The van der Waals surface area contributed by atoms with Crippen LogP contribution in [-0.2, 0) is 6.54 Å². The summed E-state index contributed by atoms with van der Waals surface area (Å²) < 4.78 is 5.66. The summed E-state index contributed by atoms with van der Waals surface area (Å²) in [6.07, 6.45) is 10.2. The number of anilines is 1. The van der Waals surface area contributed by atoms with Gasteiger partial charge >= 0.3 is 0 Å². The van der Waals surface area contributed by atoms with Crippen LogP contribution < -0.4 is 10.2 Å². The molecule has 0 aromatic carbocycles. The van der Waals surface area contributed by atoms with E-state index in [1.807, 2.05) is 0 Å². The Balaban J connectivity index is 1.55. The molecule has 3 rings (SSSR count). The van der Waals surface area contributed by atoms with Gasteiger partial charge in [-0.15, -0.1) is 0 Å². The van der Waals surface area contributed by atoms with Crippen molar-refractivity contribution in [2.45, 2.75) is 65.0 Å². The molecule has 1 N–H and O–H groups in total. The minimum Gasteiger partial charge on any atom is -0.432 e. The molecule has 4 heteroatoms. The number of nitrogens with zero attached hydrogens (tertiary/aromatic N) is 2. The lowest BCUT2D eigenvalue weighted by Crippen LogP contribution is -2.39. The third-order valence-corrected chi connectivity index (χ3v) is 4.99. The zero-order valence-corrected chi connectivity index (χ0v) is 12.8. The lowest BCUT2D eigenvalue weighted by molar-refractivity contribution is 0.222. The van der Waals surface area contributed by atoms with Crippen LogP contribution in [0.5, 0.6) is 0 Å². The minimum atomic E-state index is 0.479. The maximum atomic E-state index is 5.66. The van der Waals surface area contributed by atoms with Gasteiger partial charge in [-0.05, 0) is 31.1 Å². The average Bonchev–Trinajstić information content (AvgIpc) is 3.08. The molecular weight excluding hydrogens is 250 g/mol. The minimum absolute atomic E-state index is 0.479. The van der Waals surface area contributed by atoms with Crippen molar-refractivity contribution in [1.82, 2.24) is 10.3 Å². The number of nitrogens with one attached hydrogen (secondary N) is 1. The fourth-order valence-electron chi connectivity index (χ4n) is 3.63. The van der Waals surface area contributed by atoms with Gasteiger partial charge in [-0.2, -0.15) is 4.98 Å². The first-order valence-electron chi connectivity index (χ1n) is 8.10. The van der Waals surface area contributed by atoms with Crippen molar-refractivity contribution in [3.8, 4) is 0 Å². The topological polar surface area (TPSA) is 41.3 Å². The van der Waals surface area contributed by atoms with E-state index in [0.29, 0.717) is 11.5 Å². The fourth-order valence-corrected chi connectivity index (χ4v) is 3.63. The SMILES string of the molecule is CC(C)NCc1coc(N2CCC3(CCCC3)CC2)n1. The lowest BCUT2D eigenvalue weighted by Gasteiger charge is -2.38. The van der Waals surface area contributed by atoms with E-state index in [4.69, 9.17) is 4.42 Å². The van der Waals surface area contributed by atoms with Gasteiger partial charge in [0.1, 0.15) is 6.26 Å². The van der Waals surface area contributed by atoms with E-state index in [2.05, 4.69) is 29.0 Å². The summed E-state index contributed by atoms with van der Waals surface area (Å²) in [5.74, 6) is 0. The second-order valence-corrected chi connectivity index (χ2v) is 6.85. The molecule has 4 nitrogen and oxygen atoms in total. The maximum Gasteiger partial charge on any atom is 0.297 e. The van der Waals surface area contributed by atoms with E-state index >= 15 is 0 Å². The van der Waals surface area contributed by atoms with Crippen molar-refractivity contribution in [3.05, 3.63) is 12.0 Å². The van der Waals surface area contributed by atoms with Gasteiger partial charge in [0.15, 0.2) is 0 Å². The van der Waals surface area contributed by atoms with Crippen LogP contribution in [0, 0.1) is 5.41 Å². The molecule has 0 bridgehead atoms. The Bertz CT molecular complexity index is 425. The first-order chi connectivity index (χ1) is 9.67. The van der Waals surface area contributed by atoms with Crippen LogP contribution in [0.1, 0.15) is 58.1 Å². The van der Waals surface area contributed by atoms with E-state index in [0.717, 1.165) is 31.3 Å². The van der Waals surface area contributed by atoms with Gasteiger partial charge in [-0.25, -0.2) is 0 Å². The Morgan fingerprint density at radius 1 is 1.25 bits per heavy atom. The molecule has 2 fully saturated rings. The summed E-state index contributed by atoms with van der Waals surface area (Å²) in [5.41, 5.74) is 1.67. The van der Waals surface area contributed by atoms with Gasteiger partial charge in [0, 0.05) is 25.7 Å². The Hall–Kier alpha value is -1.03. The molecule has 2 aliphatic rings. The van der Waals surface area contributed by atoms with E-state index in [1.54, 1.807) is 6.26 Å². The summed E-state index contributed by atoms with van der Waals surface area (Å²) in [7, 11) is 0. The van der Waals surface area contributed by atoms with Gasteiger partial charge in [-0.3, -0.25) is 0 Å². The first-order valence-corrected chi connectivity index (χ1v) is 8.10. The predicted molar refractivity (Wildman–Crippen MR) is 80.8 cm³/mol. The second kappa shape index (κ2) is 5.76. The third-order valence-electron chi connectivity index (χ3n) is 4.99. The van der Waals surface area contributed by atoms with E-state index in [-0.39, 0.29) is 0 Å². The van der Waals surface area contributed by atoms with Crippen LogP contribution in [0.4, 0.5) is 6.01 Å². The molecular formula is C16H27N3O. The first kappa shape index (κ1) is 13.9. The molecule has 0 atom stereocenters. The molecule has 1 spiro atoms. The van der Waals surface area contributed by atoms with Gasteiger partial charge in [0.25, 0.3) is 6.01 Å². The molecule has 1 aromatic rings. The third kappa shape index (κ3) is 3.00. The summed E-state index contributed by atoms with van der Waals surface area (Å²) in [6.45, 7) is 7.30. The highest BCUT2D eigenvalue weighted by Crippen LogP contribution is 2.46. The normalized spacial score (nSPS) is 22.1. The standard InChI is InChI=1S/C16H27N3O/c1-13(2)17-11-14-12-20-15(18-14)19-9-7-16(8-10-19)5-3-4-6-16/h12-13,17H,3-11H2,1-2H3. The fraction of sp³-hybridized carbons (Fsp3) is 0.812. The van der Waals surface area contributed by atoms with Crippen molar-refractivity contribution in [1.29, 1.82) is 0 Å². The molecule has 0 radical (unpaired) electrons. The van der Waals surface area contributed by atoms with Crippen molar-refractivity contribution >= 4 is 6.01 Å². The predicted octanol–water partition coefficient (Wildman–Crippen LogP) is 3.33. The lowest BCUT2D eigenvalue weighted by atomic mass is 9.77. The number of piperidine rings is 1. The molecule has 0 unspecified atom stereocenters. The molecule has 0 amide bonds. The van der Waals surface area contributed by atoms with E-state index in [1.165, 1.54) is 38.5 Å². The van der Waals surface area contributed by atoms with Gasteiger partial charge in [-0.1, -0.05) is 26.7 Å². The zero-order valence-electron chi connectivity index (χ0n) is 12.8. The number of aromatic nitrogens is 1. The highest BCUT2D eigenvalue weighted by Gasteiger charge is 2.37. The molecule has 1 aliphatic heterocycles. The molecule has 1 saturated heterocycles. The van der Waals surface area contributed by atoms with Crippen LogP contribution in [0.15, 0.2) is 10.7 Å². The van der Waals surface area contributed by atoms with Crippen molar-refractivity contribution in [2.75, 3.05) is 18.0 Å². The summed E-state index contributed by atoms with van der Waals surface area (Å²) in [4.78, 5) is 6.94. The summed E-state index contributed by atoms with van der Waals surface area (Å²) in [5, 5.41) is 3.38. The average molecular weight is 277 g/mol. The number of oxazole rings is 1. The number of hydrogen-bond acceptors (Lipinski definition) is 4. The monoisotopic (exact) mass is 277 g/mol. The van der Waals surface area contributed by atoms with E-state index < -0.39 is 0 Å². The summed E-state index contributed by atoms with van der Waals surface area (Å²) >= 11 is 0. The largest absolute Gasteiger partial charge is 0.432 e. The van der Waals surface area contributed by atoms with Crippen LogP contribution in [0.3, 0.4) is 0 Å². The van der Waals surface area contributed by atoms with Crippen molar-refractivity contribution < 1.29 is 4.42 Å². The smallest absolute Gasteiger partial charge is 0.297 e. The highest BCUT2D eigenvalue weighted by atomic mass is 16.4. The van der Waals surface area contributed by atoms with Crippen LogP contribution in [0.2, 0.25) is 0 Å². The number of rotatable bonds is 4. The quantitative estimate of drug-likeness (QED) is 0.916.